The van der Waals surface area contributed by atoms with Gasteiger partial charge in [0.05, 0.1) is 11.4 Å². The van der Waals surface area contributed by atoms with Crippen molar-refractivity contribution in [2.45, 2.75) is 46.0 Å². The Labute approximate surface area is 114 Å². The Morgan fingerprint density at radius 1 is 1.47 bits per heavy atom. The molecule has 106 valence electrons. The third-order valence-corrected chi connectivity index (χ3v) is 4.09. The highest BCUT2D eigenvalue weighted by Crippen LogP contribution is 2.25. The molecule has 0 radical (unpaired) electrons. The van der Waals surface area contributed by atoms with Crippen molar-refractivity contribution in [1.82, 2.24) is 15.1 Å². The van der Waals surface area contributed by atoms with Gasteiger partial charge in [0.25, 0.3) is 5.91 Å². The Hall–Kier alpha value is -1.52. The van der Waals surface area contributed by atoms with Crippen molar-refractivity contribution in [2.24, 2.45) is 5.92 Å². The summed E-state index contributed by atoms with van der Waals surface area (Å²) in [6.07, 6.45) is 3.37. The molecule has 1 fully saturated rings. The smallest absolute Gasteiger partial charge is 0.276 e. The van der Waals surface area contributed by atoms with Crippen LogP contribution in [0, 0.1) is 5.92 Å². The number of H-pyrrole nitrogens is 1. The number of piperidine rings is 1. The van der Waals surface area contributed by atoms with Gasteiger partial charge in [-0.25, -0.2) is 0 Å². The molecule has 0 aliphatic carbocycles. The van der Waals surface area contributed by atoms with Gasteiger partial charge >= 0.3 is 0 Å². The number of nitrogens with one attached hydrogen (secondary N) is 1. The Balaban J connectivity index is 2.08. The van der Waals surface area contributed by atoms with E-state index in [-0.39, 0.29) is 11.8 Å². The molecular weight excluding hydrogens is 240 g/mol. The molecule has 0 unspecified atom stereocenters. The zero-order valence-electron chi connectivity index (χ0n) is 12.1. The van der Waals surface area contributed by atoms with Gasteiger partial charge in [-0.1, -0.05) is 27.2 Å². The fraction of sp³-hybridized carbons (Fsp3) is 0.714. The summed E-state index contributed by atoms with van der Waals surface area (Å²) in [5.41, 5.74) is 7.78. The second-order valence-corrected chi connectivity index (χ2v) is 5.70. The molecule has 0 bridgehead atoms. The summed E-state index contributed by atoms with van der Waals surface area (Å²) in [6.45, 7) is 7.92. The minimum Gasteiger partial charge on any atom is -0.395 e. The van der Waals surface area contributed by atoms with Crippen molar-refractivity contribution in [3.63, 3.8) is 0 Å². The van der Waals surface area contributed by atoms with Crippen LogP contribution in [0.15, 0.2) is 0 Å². The number of nitrogen functional groups attached to an aromatic ring is 1. The Bertz CT molecular complexity index is 444. The van der Waals surface area contributed by atoms with Crippen LogP contribution in [0.1, 0.15) is 62.1 Å². The Kier molecular flexibility index (Phi) is 4.12. The average Bonchev–Trinajstić information content (AvgIpc) is 2.80. The molecule has 1 aliphatic rings. The summed E-state index contributed by atoms with van der Waals surface area (Å²) >= 11 is 0. The highest BCUT2D eigenvalue weighted by molar-refractivity contribution is 5.97. The lowest BCUT2D eigenvalue weighted by atomic mass is 9.94. The van der Waals surface area contributed by atoms with Crippen molar-refractivity contribution in [2.75, 3.05) is 18.8 Å². The largest absolute Gasteiger partial charge is 0.395 e. The first kappa shape index (κ1) is 13.9. The molecule has 3 N–H and O–H groups in total. The van der Waals surface area contributed by atoms with Gasteiger partial charge in [0.15, 0.2) is 5.69 Å². The second kappa shape index (κ2) is 5.63. The maximum atomic E-state index is 12.4. The molecular formula is C14H24N4O. The highest BCUT2D eigenvalue weighted by atomic mass is 16.2. The second-order valence-electron chi connectivity index (χ2n) is 5.70. The zero-order valence-corrected chi connectivity index (χ0v) is 12.1. The van der Waals surface area contributed by atoms with E-state index in [1.807, 2.05) is 18.7 Å². The lowest BCUT2D eigenvalue weighted by Crippen LogP contribution is -2.38. The van der Waals surface area contributed by atoms with E-state index >= 15 is 0 Å². The first-order chi connectivity index (χ1) is 9.04. The van der Waals surface area contributed by atoms with Crippen LogP contribution in [0.2, 0.25) is 0 Å². The van der Waals surface area contributed by atoms with Crippen LogP contribution in [0.25, 0.3) is 0 Å². The minimum atomic E-state index is -0.0322. The van der Waals surface area contributed by atoms with Crippen LogP contribution in [-0.2, 0) is 0 Å². The van der Waals surface area contributed by atoms with E-state index in [0.717, 1.165) is 37.5 Å². The summed E-state index contributed by atoms with van der Waals surface area (Å²) < 4.78 is 0. The Morgan fingerprint density at radius 3 is 2.58 bits per heavy atom. The third-order valence-electron chi connectivity index (χ3n) is 4.09. The maximum Gasteiger partial charge on any atom is 0.276 e. The number of likely N-dealkylation sites (tertiary alicyclic amines) is 1. The van der Waals surface area contributed by atoms with E-state index in [4.69, 9.17) is 5.73 Å². The molecule has 1 saturated heterocycles. The molecule has 19 heavy (non-hydrogen) atoms. The number of nitrogens with two attached hydrogens (primary N) is 1. The number of aromatic nitrogens is 2. The van der Waals surface area contributed by atoms with E-state index < -0.39 is 0 Å². The predicted molar refractivity (Wildman–Crippen MR) is 76.0 cm³/mol. The number of anilines is 1. The van der Waals surface area contributed by atoms with Gasteiger partial charge in [-0.3, -0.25) is 9.89 Å². The zero-order chi connectivity index (χ0) is 14.0. The average molecular weight is 264 g/mol. The number of carbonyl (C=O) groups excluding carboxylic acids is 1. The maximum absolute atomic E-state index is 12.4. The van der Waals surface area contributed by atoms with Crippen LogP contribution in [0.5, 0.6) is 0 Å². The molecule has 0 atom stereocenters. The lowest BCUT2D eigenvalue weighted by Gasteiger charge is -2.31. The molecule has 5 heteroatoms. The summed E-state index contributed by atoms with van der Waals surface area (Å²) in [5, 5.41) is 7.00. The van der Waals surface area contributed by atoms with Crippen molar-refractivity contribution in [3.8, 4) is 0 Å². The molecule has 2 rings (SSSR count). The summed E-state index contributed by atoms with van der Waals surface area (Å²) in [4.78, 5) is 14.3. The van der Waals surface area contributed by atoms with Gasteiger partial charge in [-0.15, -0.1) is 0 Å². The van der Waals surface area contributed by atoms with Crippen LogP contribution < -0.4 is 5.73 Å². The molecule has 0 aromatic carbocycles. The topological polar surface area (TPSA) is 75.0 Å². The highest BCUT2D eigenvalue weighted by Gasteiger charge is 2.27. The van der Waals surface area contributed by atoms with Crippen molar-refractivity contribution >= 4 is 11.6 Å². The van der Waals surface area contributed by atoms with Gasteiger partial charge in [0.2, 0.25) is 0 Å². The number of nitrogens with zero attached hydrogens (tertiary/aromatic N) is 2. The van der Waals surface area contributed by atoms with E-state index in [1.165, 1.54) is 6.42 Å². The van der Waals surface area contributed by atoms with Crippen LogP contribution in [-0.4, -0.2) is 34.1 Å². The molecule has 1 aliphatic heterocycles. The molecule has 1 amide bonds. The number of carbonyl (C=O) groups is 1. The molecule has 5 nitrogen and oxygen atoms in total. The van der Waals surface area contributed by atoms with Gasteiger partial charge < -0.3 is 10.6 Å². The van der Waals surface area contributed by atoms with E-state index in [0.29, 0.717) is 11.4 Å². The lowest BCUT2D eigenvalue weighted by molar-refractivity contribution is 0.0684. The molecule has 0 saturated carbocycles. The van der Waals surface area contributed by atoms with E-state index in [9.17, 15) is 4.79 Å². The summed E-state index contributed by atoms with van der Waals surface area (Å²) in [5.74, 6) is 0.974. The number of hydrogen-bond donors (Lipinski definition) is 2. The SMILES string of the molecule is CCC1CCN(C(=O)c2n[nH]c(C(C)C)c2N)CC1. The van der Waals surface area contributed by atoms with Crippen LogP contribution in [0.4, 0.5) is 5.69 Å². The van der Waals surface area contributed by atoms with Gasteiger partial charge in [0.1, 0.15) is 0 Å². The van der Waals surface area contributed by atoms with Crippen molar-refractivity contribution in [1.29, 1.82) is 0 Å². The molecule has 1 aromatic heterocycles. The van der Waals surface area contributed by atoms with Crippen LogP contribution >= 0.6 is 0 Å². The number of amides is 1. The summed E-state index contributed by atoms with van der Waals surface area (Å²) in [6, 6.07) is 0. The van der Waals surface area contributed by atoms with Gasteiger partial charge in [-0.05, 0) is 24.7 Å². The molecule has 2 heterocycles. The fourth-order valence-corrected chi connectivity index (χ4v) is 2.66. The first-order valence-corrected chi connectivity index (χ1v) is 7.17. The van der Waals surface area contributed by atoms with E-state index in [1.54, 1.807) is 0 Å². The normalized spacial score (nSPS) is 17.2. The summed E-state index contributed by atoms with van der Waals surface area (Å²) in [7, 11) is 0. The molecule has 1 aromatic rings. The quantitative estimate of drug-likeness (QED) is 0.880. The Morgan fingerprint density at radius 2 is 2.11 bits per heavy atom. The standard InChI is InChI=1S/C14H24N4O/c1-4-10-5-7-18(8-6-10)14(19)13-11(15)12(9(2)3)16-17-13/h9-10H,4-8,15H2,1-3H3,(H,16,17). The fourth-order valence-electron chi connectivity index (χ4n) is 2.66. The first-order valence-electron chi connectivity index (χ1n) is 7.17. The predicted octanol–water partition coefficient (Wildman–Crippen LogP) is 2.38. The number of aromatic amines is 1. The monoisotopic (exact) mass is 264 g/mol. The van der Waals surface area contributed by atoms with Crippen molar-refractivity contribution in [3.05, 3.63) is 11.4 Å². The van der Waals surface area contributed by atoms with Crippen molar-refractivity contribution < 1.29 is 4.79 Å². The molecule has 0 spiro atoms. The number of rotatable bonds is 3. The van der Waals surface area contributed by atoms with Gasteiger partial charge in [0, 0.05) is 13.1 Å². The number of hydrogen-bond acceptors (Lipinski definition) is 3. The van der Waals surface area contributed by atoms with Crippen LogP contribution in [0.3, 0.4) is 0 Å². The minimum absolute atomic E-state index is 0.0322. The van der Waals surface area contributed by atoms with E-state index in [2.05, 4.69) is 17.1 Å². The van der Waals surface area contributed by atoms with Gasteiger partial charge in [-0.2, -0.15) is 5.10 Å². The third kappa shape index (κ3) is 2.74.